The third-order valence-corrected chi connectivity index (χ3v) is 1.91. The fourth-order valence-corrected chi connectivity index (χ4v) is 1.14. The molecule has 1 rings (SSSR count). The molecule has 4 nitrogen and oxygen atoms in total. The molecule has 0 saturated carbocycles. The van der Waals surface area contributed by atoms with Crippen LogP contribution in [-0.4, -0.2) is 24.9 Å². The molecule has 0 aromatic heterocycles. The summed E-state index contributed by atoms with van der Waals surface area (Å²) in [4.78, 5) is 0. The van der Waals surface area contributed by atoms with Gasteiger partial charge in [0, 0.05) is 18.7 Å². The molecule has 0 radical (unpaired) electrons. The number of hydrogen-bond donors (Lipinski definition) is 3. The molecule has 1 atom stereocenters. The number of nitrogens with one attached hydrogen (secondary N) is 1. The van der Waals surface area contributed by atoms with Crippen LogP contribution in [0.25, 0.3) is 0 Å². The van der Waals surface area contributed by atoms with Gasteiger partial charge in [0.1, 0.15) is 11.6 Å². The Morgan fingerprint density at radius 1 is 1.60 bits per heavy atom. The number of anilines is 2. The van der Waals surface area contributed by atoms with Crippen LogP contribution < -0.4 is 15.8 Å². The lowest BCUT2D eigenvalue weighted by Gasteiger charge is -2.12. The lowest BCUT2D eigenvalue weighted by Crippen LogP contribution is -2.16. The zero-order valence-electron chi connectivity index (χ0n) is 8.75. The molecule has 5 heteroatoms. The van der Waals surface area contributed by atoms with Gasteiger partial charge in [-0.2, -0.15) is 0 Å². The van der Waals surface area contributed by atoms with Crippen molar-refractivity contribution in [1.29, 1.82) is 0 Å². The fourth-order valence-electron chi connectivity index (χ4n) is 1.14. The van der Waals surface area contributed by atoms with Crippen molar-refractivity contribution in [3.05, 3.63) is 17.9 Å². The first kappa shape index (κ1) is 11.6. The van der Waals surface area contributed by atoms with E-state index in [9.17, 15) is 4.39 Å². The summed E-state index contributed by atoms with van der Waals surface area (Å²) in [6.45, 7) is 1.88. The molecular formula is C10H15FN2O2. The maximum Gasteiger partial charge on any atom is 0.148 e. The van der Waals surface area contributed by atoms with Gasteiger partial charge in [0.25, 0.3) is 0 Å². The Labute approximate surface area is 87.9 Å². The molecule has 0 aliphatic rings. The van der Waals surface area contributed by atoms with Gasteiger partial charge >= 0.3 is 0 Å². The summed E-state index contributed by atoms with van der Waals surface area (Å²) in [5.74, 6) is -0.0570. The van der Waals surface area contributed by atoms with Gasteiger partial charge in [-0.3, -0.25) is 0 Å². The fraction of sp³-hybridized carbons (Fsp3) is 0.400. The molecule has 84 valence electrons. The zero-order chi connectivity index (χ0) is 11.4. The molecule has 1 aromatic rings. The summed E-state index contributed by atoms with van der Waals surface area (Å²) >= 11 is 0. The Hall–Kier alpha value is -1.49. The third-order valence-electron chi connectivity index (χ3n) is 1.91. The number of aliphatic hydroxyl groups is 1. The lowest BCUT2D eigenvalue weighted by atomic mass is 10.2. The Bertz CT molecular complexity index is 342. The summed E-state index contributed by atoms with van der Waals surface area (Å²) in [5.41, 5.74) is 6.03. The molecule has 0 bridgehead atoms. The van der Waals surface area contributed by atoms with Gasteiger partial charge in [0.15, 0.2) is 0 Å². The third kappa shape index (κ3) is 2.99. The number of rotatable bonds is 4. The minimum absolute atomic E-state index is 0.248. The normalized spacial score (nSPS) is 12.3. The Balaban J connectivity index is 2.87. The number of halogens is 1. The number of methoxy groups -OCH3 is 1. The number of aliphatic hydroxyl groups excluding tert-OH is 1. The highest BCUT2D eigenvalue weighted by Gasteiger charge is 2.08. The van der Waals surface area contributed by atoms with E-state index in [4.69, 9.17) is 15.6 Å². The van der Waals surface area contributed by atoms with E-state index >= 15 is 0 Å². The van der Waals surface area contributed by atoms with Crippen molar-refractivity contribution in [2.75, 3.05) is 24.7 Å². The molecule has 4 N–H and O–H groups in total. The van der Waals surface area contributed by atoms with Gasteiger partial charge in [-0.25, -0.2) is 4.39 Å². The first-order valence-corrected chi connectivity index (χ1v) is 4.59. The Kier molecular flexibility index (Phi) is 3.74. The molecule has 0 spiro atoms. The molecule has 1 aromatic carbocycles. The molecule has 0 fully saturated rings. The first-order chi connectivity index (χ1) is 7.04. The summed E-state index contributed by atoms with van der Waals surface area (Å²) in [7, 11) is 1.46. The van der Waals surface area contributed by atoms with Crippen LogP contribution in [0.3, 0.4) is 0 Å². The molecule has 15 heavy (non-hydrogen) atoms. The van der Waals surface area contributed by atoms with Gasteiger partial charge < -0.3 is 20.9 Å². The van der Waals surface area contributed by atoms with Crippen molar-refractivity contribution in [2.24, 2.45) is 0 Å². The van der Waals surface area contributed by atoms with E-state index in [2.05, 4.69) is 5.32 Å². The highest BCUT2D eigenvalue weighted by molar-refractivity contribution is 5.62. The van der Waals surface area contributed by atoms with Gasteiger partial charge in [0.05, 0.1) is 24.6 Å². The first-order valence-electron chi connectivity index (χ1n) is 4.59. The highest BCUT2D eigenvalue weighted by atomic mass is 19.1. The van der Waals surface area contributed by atoms with E-state index in [1.54, 1.807) is 6.92 Å². The molecular weight excluding hydrogens is 199 g/mol. The number of nitrogens with two attached hydrogens (primary N) is 1. The smallest absolute Gasteiger partial charge is 0.148 e. The van der Waals surface area contributed by atoms with E-state index in [1.807, 2.05) is 0 Å². The minimum Gasteiger partial charge on any atom is -0.495 e. The minimum atomic E-state index is -0.548. The number of hydrogen-bond acceptors (Lipinski definition) is 4. The van der Waals surface area contributed by atoms with Crippen molar-refractivity contribution in [3.63, 3.8) is 0 Å². The van der Waals surface area contributed by atoms with E-state index in [1.165, 1.54) is 19.2 Å². The van der Waals surface area contributed by atoms with Crippen LogP contribution in [0.2, 0.25) is 0 Å². The zero-order valence-corrected chi connectivity index (χ0v) is 8.75. The average Bonchev–Trinajstić information content (AvgIpc) is 2.16. The lowest BCUT2D eigenvalue weighted by molar-refractivity contribution is 0.208. The van der Waals surface area contributed by atoms with E-state index in [0.717, 1.165) is 0 Å². The summed E-state index contributed by atoms with van der Waals surface area (Å²) < 4.78 is 18.3. The summed E-state index contributed by atoms with van der Waals surface area (Å²) in [6.07, 6.45) is -0.548. The number of nitrogen functional groups attached to an aromatic ring is 1. The molecule has 0 amide bonds. The van der Waals surface area contributed by atoms with Gasteiger partial charge in [0.2, 0.25) is 0 Å². The summed E-state index contributed by atoms with van der Waals surface area (Å²) in [6, 6.07) is 2.65. The second-order valence-corrected chi connectivity index (χ2v) is 3.30. The quantitative estimate of drug-likeness (QED) is 0.659. The van der Waals surface area contributed by atoms with Crippen LogP contribution in [0, 0.1) is 5.82 Å². The van der Waals surface area contributed by atoms with Crippen LogP contribution in [0.4, 0.5) is 15.8 Å². The molecule has 0 aliphatic heterocycles. The predicted octanol–water partition coefficient (Wildman–Crippen LogP) is 1.21. The van der Waals surface area contributed by atoms with Gasteiger partial charge in [-0.05, 0) is 6.92 Å². The Morgan fingerprint density at radius 2 is 2.27 bits per heavy atom. The SMILES string of the molecule is COc1cc(NCC(C)O)c(F)cc1N. The molecule has 1 unspecified atom stereocenters. The summed E-state index contributed by atoms with van der Waals surface area (Å²) in [5, 5.41) is 11.8. The number of ether oxygens (including phenoxy) is 1. The van der Waals surface area contributed by atoms with Gasteiger partial charge in [-0.1, -0.05) is 0 Å². The molecule has 0 aliphatic carbocycles. The van der Waals surface area contributed by atoms with Crippen LogP contribution in [0.1, 0.15) is 6.92 Å². The van der Waals surface area contributed by atoms with Crippen molar-refractivity contribution in [1.82, 2.24) is 0 Å². The predicted molar refractivity (Wildman–Crippen MR) is 57.5 cm³/mol. The second kappa shape index (κ2) is 4.84. The van der Waals surface area contributed by atoms with Crippen molar-refractivity contribution >= 4 is 11.4 Å². The topological polar surface area (TPSA) is 67.5 Å². The Morgan fingerprint density at radius 3 is 2.80 bits per heavy atom. The van der Waals surface area contributed by atoms with E-state index in [0.29, 0.717) is 5.75 Å². The van der Waals surface area contributed by atoms with E-state index in [-0.39, 0.29) is 17.9 Å². The number of benzene rings is 1. The van der Waals surface area contributed by atoms with Crippen LogP contribution in [0.5, 0.6) is 5.75 Å². The molecule has 0 saturated heterocycles. The van der Waals surface area contributed by atoms with Crippen molar-refractivity contribution < 1.29 is 14.2 Å². The largest absolute Gasteiger partial charge is 0.495 e. The van der Waals surface area contributed by atoms with Gasteiger partial charge in [-0.15, -0.1) is 0 Å². The van der Waals surface area contributed by atoms with Crippen LogP contribution >= 0.6 is 0 Å². The standard InChI is InChI=1S/C10H15FN2O2/c1-6(14)5-13-9-4-10(15-2)8(12)3-7(9)11/h3-4,6,13-14H,5,12H2,1-2H3. The maximum atomic E-state index is 13.3. The monoisotopic (exact) mass is 214 g/mol. The van der Waals surface area contributed by atoms with Crippen molar-refractivity contribution in [2.45, 2.75) is 13.0 Å². The van der Waals surface area contributed by atoms with Crippen LogP contribution in [-0.2, 0) is 0 Å². The van der Waals surface area contributed by atoms with E-state index < -0.39 is 11.9 Å². The highest BCUT2D eigenvalue weighted by Crippen LogP contribution is 2.28. The van der Waals surface area contributed by atoms with Crippen molar-refractivity contribution in [3.8, 4) is 5.75 Å². The van der Waals surface area contributed by atoms with Crippen LogP contribution in [0.15, 0.2) is 12.1 Å². The average molecular weight is 214 g/mol. The second-order valence-electron chi connectivity index (χ2n) is 3.30. The molecule has 0 heterocycles. The maximum absolute atomic E-state index is 13.3.